The standard InChI is InChI=1S/C14H24N2S/c1-3-12(2)16-7-4-14(5-8-16)15-10-13-6-9-17-11-13/h6,9,11-12,14-15H,3-5,7-8,10H2,1-2H3. The highest BCUT2D eigenvalue weighted by atomic mass is 32.1. The maximum atomic E-state index is 3.68. The molecule has 17 heavy (non-hydrogen) atoms. The summed E-state index contributed by atoms with van der Waals surface area (Å²) in [6.45, 7) is 8.19. The quantitative estimate of drug-likeness (QED) is 0.866. The fraction of sp³-hybridized carbons (Fsp3) is 0.714. The number of piperidine rings is 1. The van der Waals surface area contributed by atoms with E-state index in [9.17, 15) is 0 Å². The van der Waals surface area contributed by atoms with E-state index in [-0.39, 0.29) is 0 Å². The van der Waals surface area contributed by atoms with Gasteiger partial charge in [0.2, 0.25) is 0 Å². The third-order valence-corrected chi connectivity index (χ3v) is 4.65. The number of nitrogens with one attached hydrogen (secondary N) is 1. The van der Waals surface area contributed by atoms with Crippen molar-refractivity contribution in [1.29, 1.82) is 0 Å². The Morgan fingerprint density at radius 1 is 1.47 bits per heavy atom. The van der Waals surface area contributed by atoms with E-state index in [4.69, 9.17) is 0 Å². The second kappa shape index (κ2) is 6.53. The van der Waals surface area contributed by atoms with Gasteiger partial charge in [0, 0.05) is 18.6 Å². The van der Waals surface area contributed by atoms with E-state index in [1.54, 1.807) is 11.3 Å². The molecule has 0 aromatic carbocycles. The van der Waals surface area contributed by atoms with E-state index in [2.05, 4.69) is 40.9 Å². The summed E-state index contributed by atoms with van der Waals surface area (Å²) in [6, 6.07) is 3.69. The van der Waals surface area contributed by atoms with Crippen molar-refractivity contribution in [3.63, 3.8) is 0 Å². The molecule has 1 saturated heterocycles. The highest BCUT2D eigenvalue weighted by Crippen LogP contribution is 2.15. The van der Waals surface area contributed by atoms with Crippen LogP contribution in [0.15, 0.2) is 16.8 Å². The van der Waals surface area contributed by atoms with Crippen LogP contribution in [0.1, 0.15) is 38.7 Å². The molecule has 0 aliphatic carbocycles. The van der Waals surface area contributed by atoms with Crippen molar-refractivity contribution in [3.05, 3.63) is 22.4 Å². The Kier molecular flexibility index (Phi) is 5.01. The molecule has 1 fully saturated rings. The molecule has 0 bridgehead atoms. The molecule has 0 spiro atoms. The average molecular weight is 252 g/mol. The van der Waals surface area contributed by atoms with Gasteiger partial charge in [-0.25, -0.2) is 0 Å². The Balaban J connectivity index is 1.68. The van der Waals surface area contributed by atoms with E-state index >= 15 is 0 Å². The minimum Gasteiger partial charge on any atom is -0.310 e. The highest BCUT2D eigenvalue weighted by Gasteiger charge is 2.21. The number of likely N-dealkylation sites (tertiary alicyclic amines) is 1. The van der Waals surface area contributed by atoms with Crippen LogP contribution in [0, 0.1) is 0 Å². The second-order valence-electron chi connectivity index (χ2n) is 5.08. The molecule has 1 aromatic heterocycles. The second-order valence-corrected chi connectivity index (χ2v) is 5.86. The first kappa shape index (κ1) is 13.1. The third kappa shape index (κ3) is 3.80. The lowest BCUT2D eigenvalue weighted by molar-refractivity contribution is 0.148. The van der Waals surface area contributed by atoms with Gasteiger partial charge >= 0.3 is 0 Å². The summed E-state index contributed by atoms with van der Waals surface area (Å²) in [4.78, 5) is 2.63. The summed E-state index contributed by atoms with van der Waals surface area (Å²) in [5, 5.41) is 8.07. The number of hydrogen-bond donors (Lipinski definition) is 1. The molecule has 2 heterocycles. The van der Waals surface area contributed by atoms with Gasteiger partial charge in [0.25, 0.3) is 0 Å². The van der Waals surface area contributed by atoms with Crippen LogP contribution < -0.4 is 5.32 Å². The van der Waals surface area contributed by atoms with Crippen LogP contribution in [0.5, 0.6) is 0 Å². The molecule has 1 N–H and O–H groups in total. The molecule has 0 radical (unpaired) electrons. The Bertz CT molecular complexity index is 302. The van der Waals surface area contributed by atoms with Gasteiger partial charge in [-0.15, -0.1) is 0 Å². The Hall–Kier alpha value is -0.380. The molecule has 1 aromatic rings. The van der Waals surface area contributed by atoms with Crippen LogP contribution in [0.25, 0.3) is 0 Å². The fourth-order valence-corrected chi connectivity index (χ4v) is 3.13. The van der Waals surface area contributed by atoms with Crippen LogP contribution in [-0.2, 0) is 6.54 Å². The van der Waals surface area contributed by atoms with Crippen LogP contribution in [0.2, 0.25) is 0 Å². The van der Waals surface area contributed by atoms with Crippen molar-refractivity contribution in [2.24, 2.45) is 0 Å². The minimum atomic E-state index is 0.718. The molecule has 2 nitrogen and oxygen atoms in total. The van der Waals surface area contributed by atoms with Gasteiger partial charge in [-0.2, -0.15) is 11.3 Å². The zero-order valence-electron chi connectivity index (χ0n) is 11.0. The lowest BCUT2D eigenvalue weighted by Gasteiger charge is -2.36. The van der Waals surface area contributed by atoms with Gasteiger partial charge in [0.05, 0.1) is 0 Å². The van der Waals surface area contributed by atoms with Crippen molar-refractivity contribution in [1.82, 2.24) is 10.2 Å². The SMILES string of the molecule is CCC(C)N1CCC(NCc2ccsc2)CC1. The number of hydrogen-bond acceptors (Lipinski definition) is 3. The molecule has 1 aliphatic rings. The Labute approximate surface area is 109 Å². The third-order valence-electron chi connectivity index (χ3n) is 3.92. The monoisotopic (exact) mass is 252 g/mol. The van der Waals surface area contributed by atoms with Crippen LogP contribution >= 0.6 is 11.3 Å². The van der Waals surface area contributed by atoms with E-state index in [1.165, 1.54) is 37.9 Å². The molecule has 1 atom stereocenters. The average Bonchev–Trinajstić information content (AvgIpc) is 2.89. The fourth-order valence-electron chi connectivity index (χ4n) is 2.46. The molecular weight excluding hydrogens is 228 g/mol. The first-order valence-electron chi connectivity index (χ1n) is 6.78. The zero-order chi connectivity index (χ0) is 12.1. The summed E-state index contributed by atoms with van der Waals surface area (Å²) in [5.74, 6) is 0. The smallest absolute Gasteiger partial charge is 0.0216 e. The number of rotatable bonds is 5. The molecule has 96 valence electrons. The van der Waals surface area contributed by atoms with Gasteiger partial charge in [0.15, 0.2) is 0 Å². The first-order chi connectivity index (χ1) is 8.29. The number of nitrogens with zero attached hydrogens (tertiary/aromatic N) is 1. The van der Waals surface area contributed by atoms with Crippen molar-refractivity contribution < 1.29 is 0 Å². The summed E-state index contributed by atoms with van der Waals surface area (Å²) in [5.41, 5.74) is 1.43. The lowest BCUT2D eigenvalue weighted by atomic mass is 10.0. The van der Waals surface area contributed by atoms with E-state index in [1.807, 2.05) is 0 Å². The van der Waals surface area contributed by atoms with Crippen molar-refractivity contribution in [2.45, 2.75) is 51.7 Å². The van der Waals surface area contributed by atoms with Crippen molar-refractivity contribution in [2.75, 3.05) is 13.1 Å². The number of thiophene rings is 1. The highest BCUT2D eigenvalue weighted by molar-refractivity contribution is 7.07. The largest absolute Gasteiger partial charge is 0.310 e. The van der Waals surface area contributed by atoms with Gasteiger partial charge in [0.1, 0.15) is 0 Å². The molecule has 0 saturated carbocycles. The van der Waals surface area contributed by atoms with E-state index < -0.39 is 0 Å². The van der Waals surface area contributed by atoms with E-state index in [0.717, 1.165) is 18.6 Å². The lowest BCUT2D eigenvalue weighted by Crippen LogP contribution is -2.45. The summed E-state index contributed by atoms with van der Waals surface area (Å²) in [7, 11) is 0. The van der Waals surface area contributed by atoms with Gasteiger partial charge in [-0.05, 0) is 61.7 Å². The maximum Gasteiger partial charge on any atom is 0.0216 e. The van der Waals surface area contributed by atoms with Crippen molar-refractivity contribution >= 4 is 11.3 Å². The molecule has 0 amide bonds. The van der Waals surface area contributed by atoms with Crippen LogP contribution in [0.3, 0.4) is 0 Å². The molecule has 2 rings (SSSR count). The predicted octanol–water partition coefficient (Wildman–Crippen LogP) is 3.10. The maximum absolute atomic E-state index is 3.68. The van der Waals surface area contributed by atoms with Gasteiger partial charge < -0.3 is 10.2 Å². The molecular formula is C14H24N2S. The van der Waals surface area contributed by atoms with E-state index in [0.29, 0.717) is 0 Å². The Morgan fingerprint density at radius 3 is 2.82 bits per heavy atom. The first-order valence-corrected chi connectivity index (χ1v) is 7.72. The van der Waals surface area contributed by atoms with Gasteiger partial charge in [-0.3, -0.25) is 0 Å². The molecule has 1 aliphatic heterocycles. The summed E-state index contributed by atoms with van der Waals surface area (Å²) < 4.78 is 0. The summed E-state index contributed by atoms with van der Waals surface area (Å²) >= 11 is 1.79. The van der Waals surface area contributed by atoms with Crippen LogP contribution in [-0.4, -0.2) is 30.1 Å². The van der Waals surface area contributed by atoms with Crippen molar-refractivity contribution in [3.8, 4) is 0 Å². The van der Waals surface area contributed by atoms with Gasteiger partial charge in [-0.1, -0.05) is 6.92 Å². The summed E-state index contributed by atoms with van der Waals surface area (Å²) in [6.07, 6.45) is 3.87. The zero-order valence-corrected chi connectivity index (χ0v) is 11.8. The molecule has 3 heteroatoms. The molecule has 1 unspecified atom stereocenters. The Morgan fingerprint density at radius 2 is 2.24 bits per heavy atom. The minimum absolute atomic E-state index is 0.718. The normalized spacial score (nSPS) is 20.6. The van der Waals surface area contributed by atoms with Crippen LogP contribution in [0.4, 0.5) is 0 Å². The topological polar surface area (TPSA) is 15.3 Å². The predicted molar refractivity (Wildman–Crippen MR) is 75.5 cm³/mol.